The number of likely N-dealkylation sites (N-methyl/N-ethyl adjacent to an activating group) is 1. The number of carbonyl (C=O) groups is 2. The van der Waals surface area contributed by atoms with Crippen LogP contribution in [0.15, 0.2) is 0 Å². The number of amides is 1. The Bertz CT molecular complexity index is 218. The van der Waals surface area contributed by atoms with Gasteiger partial charge in [-0.2, -0.15) is 0 Å². The van der Waals surface area contributed by atoms with Gasteiger partial charge in [-0.1, -0.05) is 0 Å². The van der Waals surface area contributed by atoms with Gasteiger partial charge in [0.05, 0.1) is 19.1 Å². The summed E-state index contributed by atoms with van der Waals surface area (Å²) in [6, 6.07) is 0. The summed E-state index contributed by atoms with van der Waals surface area (Å²) in [5.41, 5.74) is 0. The van der Waals surface area contributed by atoms with Crippen LogP contribution in [-0.4, -0.2) is 59.8 Å². The summed E-state index contributed by atoms with van der Waals surface area (Å²) in [6.45, 7) is 2.25. The highest BCUT2D eigenvalue weighted by Gasteiger charge is 2.13. The standard InChI is InChI=1S/C9H18N2O4/c1-7(12)5-11(4-3-9(14)15)6-8(13)10-2/h7,12H,3-6H2,1-2H3,(H,10,13)(H,14,15). The molecule has 88 valence electrons. The molecule has 1 amide bonds. The maximum absolute atomic E-state index is 11.1. The van der Waals surface area contributed by atoms with E-state index in [1.807, 2.05) is 0 Å². The minimum atomic E-state index is -0.914. The summed E-state index contributed by atoms with van der Waals surface area (Å²) in [5.74, 6) is -1.11. The molecule has 0 aliphatic carbocycles. The lowest BCUT2D eigenvalue weighted by Crippen LogP contribution is -2.40. The van der Waals surface area contributed by atoms with Crippen LogP contribution in [0.2, 0.25) is 0 Å². The summed E-state index contributed by atoms with van der Waals surface area (Å²) < 4.78 is 0. The van der Waals surface area contributed by atoms with E-state index in [0.717, 1.165) is 0 Å². The molecule has 0 aromatic rings. The van der Waals surface area contributed by atoms with Crippen LogP contribution in [0.4, 0.5) is 0 Å². The van der Waals surface area contributed by atoms with Crippen LogP contribution >= 0.6 is 0 Å². The van der Waals surface area contributed by atoms with Crippen LogP contribution in [0.1, 0.15) is 13.3 Å². The molecule has 0 aromatic carbocycles. The predicted molar refractivity (Wildman–Crippen MR) is 54.4 cm³/mol. The van der Waals surface area contributed by atoms with E-state index in [1.165, 1.54) is 7.05 Å². The number of carboxylic acids is 1. The first-order chi connectivity index (χ1) is 6.95. The van der Waals surface area contributed by atoms with E-state index in [4.69, 9.17) is 10.2 Å². The molecule has 1 unspecified atom stereocenters. The lowest BCUT2D eigenvalue weighted by molar-refractivity contribution is -0.138. The highest BCUT2D eigenvalue weighted by Crippen LogP contribution is 1.95. The third-order valence-corrected chi connectivity index (χ3v) is 1.81. The van der Waals surface area contributed by atoms with Gasteiger partial charge in [-0.25, -0.2) is 0 Å². The van der Waals surface area contributed by atoms with Gasteiger partial charge < -0.3 is 15.5 Å². The molecule has 0 rings (SSSR count). The van der Waals surface area contributed by atoms with E-state index in [9.17, 15) is 9.59 Å². The Labute approximate surface area is 88.9 Å². The van der Waals surface area contributed by atoms with E-state index >= 15 is 0 Å². The van der Waals surface area contributed by atoms with Gasteiger partial charge in [-0.3, -0.25) is 14.5 Å². The van der Waals surface area contributed by atoms with Gasteiger partial charge in [-0.15, -0.1) is 0 Å². The normalized spacial score (nSPS) is 12.5. The number of rotatable bonds is 7. The van der Waals surface area contributed by atoms with Crippen molar-refractivity contribution in [2.24, 2.45) is 0 Å². The molecule has 0 aliphatic rings. The van der Waals surface area contributed by atoms with E-state index < -0.39 is 12.1 Å². The van der Waals surface area contributed by atoms with Gasteiger partial charge in [0.1, 0.15) is 0 Å². The van der Waals surface area contributed by atoms with Crippen LogP contribution in [0.25, 0.3) is 0 Å². The number of hydrogen-bond donors (Lipinski definition) is 3. The van der Waals surface area contributed by atoms with Crippen LogP contribution in [0, 0.1) is 0 Å². The quantitative estimate of drug-likeness (QED) is 0.504. The van der Waals surface area contributed by atoms with Crippen LogP contribution in [0.5, 0.6) is 0 Å². The number of hydrogen-bond acceptors (Lipinski definition) is 4. The van der Waals surface area contributed by atoms with Crippen molar-refractivity contribution in [3.8, 4) is 0 Å². The van der Waals surface area contributed by atoms with Gasteiger partial charge in [-0.05, 0) is 6.92 Å². The Morgan fingerprint density at radius 1 is 1.47 bits per heavy atom. The van der Waals surface area contributed by atoms with Crippen LogP contribution < -0.4 is 5.32 Å². The Morgan fingerprint density at radius 3 is 2.47 bits per heavy atom. The lowest BCUT2D eigenvalue weighted by Gasteiger charge is -2.21. The Hall–Kier alpha value is -1.14. The molecule has 0 aromatic heterocycles. The molecule has 0 saturated heterocycles. The monoisotopic (exact) mass is 218 g/mol. The molecule has 0 heterocycles. The average molecular weight is 218 g/mol. The largest absolute Gasteiger partial charge is 0.481 e. The van der Waals surface area contributed by atoms with Crippen molar-refractivity contribution in [2.45, 2.75) is 19.4 Å². The molecular weight excluding hydrogens is 200 g/mol. The smallest absolute Gasteiger partial charge is 0.304 e. The summed E-state index contributed by atoms with van der Waals surface area (Å²) in [7, 11) is 1.51. The van der Waals surface area contributed by atoms with Crippen LogP contribution in [-0.2, 0) is 9.59 Å². The number of nitrogens with one attached hydrogen (secondary N) is 1. The highest BCUT2D eigenvalue weighted by atomic mass is 16.4. The lowest BCUT2D eigenvalue weighted by atomic mass is 10.3. The van der Waals surface area contributed by atoms with Crippen molar-refractivity contribution >= 4 is 11.9 Å². The first-order valence-electron chi connectivity index (χ1n) is 4.78. The third kappa shape index (κ3) is 7.90. The van der Waals surface area contributed by atoms with Gasteiger partial charge in [0.25, 0.3) is 0 Å². The summed E-state index contributed by atoms with van der Waals surface area (Å²) in [4.78, 5) is 23.0. The predicted octanol–water partition coefficient (Wildman–Crippen LogP) is -1.11. The number of aliphatic hydroxyl groups excluding tert-OH is 1. The molecule has 0 saturated carbocycles. The molecule has 0 spiro atoms. The summed E-state index contributed by atoms with van der Waals surface area (Å²) in [5, 5.41) is 20.1. The average Bonchev–Trinajstić information content (AvgIpc) is 2.13. The molecule has 1 atom stereocenters. The van der Waals surface area contributed by atoms with Crippen molar-refractivity contribution < 1.29 is 19.8 Å². The second kappa shape index (κ2) is 7.19. The molecule has 6 heteroatoms. The van der Waals surface area contributed by atoms with Gasteiger partial charge >= 0.3 is 5.97 Å². The number of carbonyl (C=O) groups excluding carboxylic acids is 1. The first kappa shape index (κ1) is 13.9. The molecule has 0 bridgehead atoms. The minimum Gasteiger partial charge on any atom is -0.481 e. The second-order valence-corrected chi connectivity index (χ2v) is 3.40. The number of aliphatic hydroxyl groups is 1. The fourth-order valence-corrected chi connectivity index (χ4v) is 1.14. The topological polar surface area (TPSA) is 89.9 Å². The molecule has 15 heavy (non-hydrogen) atoms. The maximum atomic E-state index is 11.1. The maximum Gasteiger partial charge on any atom is 0.304 e. The van der Waals surface area contributed by atoms with Crippen molar-refractivity contribution in [3.05, 3.63) is 0 Å². The van der Waals surface area contributed by atoms with E-state index in [1.54, 1.807) is 11.8 Å². The van der Waals surface area contributed by atoms with Gasteiger partial charge in [0.2, 0.25) is 5.91 Å². The fraction of sp³-hybridized carbons (Fsp3) is 0.778. The van der Waals surface area contributed by atoms with Crippen molar-refractivity contribution in [1.82, 2.24) is 10.2 Å². The van der Waals surface area contributed by atoms with E-state index in [2.05, 4.69) is 5.32 Å². The first-order valence-corrected chi connectivity index (χ1v) is 4.78. The Balaban J connectivity index is 4.05. The number of carboxylic acid groups (broad SMARTS) is 1. The van der Waals surface area contributed by atoms with Crippen molar-refractivity contribution in [3.63, 3.8) is 0 Å². The SMILES string of the molecule is CNC(=O)CN(CCC(=O)O)CC(C)O. The summed E-state index contributed by atoms with van der Waals surface area (Å²) >= 11 is 0. The molecular formula is C9H18N2O4. The fourth-order valence-electron chi connectivity index (χ4n) is 1.14. The van der Waals surface area contributed by atoms with Crippen molar-refractivity contribution in [1.29, 1.82) is 0 Å². The molecule has 0 fully saturated rings. The van der Waals surface area contributed by atoms with Gasteiger partial charge in [0, 0.05) is 20.1 Å². The molecule has 0 radical (unpaired) electrons. The summed E-state index contributed by atoms with van der Waals surface area (Å²) in [6.07, 6.45) is -0.618. The number of aliphatic carboxylic acids is 1. The highest BCUT2D eigenvalue weighted by molar-refractivity contribution is 5.77. The zero-order valence-electron chi connectivity index (χ0n) is 9.06. The molecule has 6 nitrogen and oxygen atoms in total. The third-order valence-electron chi connectivity index (χ3n) is 1.81. The van der Waals surface area contributed by atoms with E-state index in [-0.39, 0.29) is 25.4 Å². The molecule has 3 N–H and O–H groups in total. The van der Waals surface area contributed by atoms with Crippen molar-refractivity contribution in [2.75, 3.05) is 26.7 Å². The molecule has 0 aliphatic heterocycles. The van der Waals surface area contributed by atoms with Crippen LogP contribution in [0.3, 0.4) is 0 Å². The Morgan fingerprint density at radius 2 is 2.07 bits per heavy atom. The zero-order valence-corrected chi connectivity index (χ0v) is 9.06. The number of nitrogens with zero attached hydrogens (tertiary/aromatic N) is 1. The zero-order chi connectivity index (χ0) is 11.8. The minimum absolute atomic E-state index is 0.0380. The van der Waals surface area contributed by atoms with E-state index in [0.29, 0.717) is 6.54 Å². The Kier molecular flexibility index (Phi) is 6.64. The second-order valence-electron chi connectivity index (χ2n) is 3.40. The van der Waals surface area contributed by atoms with Gasteiger partial charge in [0.15, 0.2) is 0 Å².